The standard InChI is InChI=1S/C11H20BrNO2/c1-4-10-9(5-6-15-10)11(14)13(3)8(2)7-12/h8-10H,4-7H2,1-3H3. The maximum Gasteiger partial charge on any atom is 0.228 e. The van der Waals surface area contributed by atoms with E-state index in [1.54, 1.807) is 0 Å². The number of amides is 1. The van der Waals surface area contributed by atoms with Crippen molar-refractivity contribution in [1.82, 2.24) is 4.90 Å². The quantitative estimate of drug-likeness (QED) is 0.736. The Morgan fingerprint density at radius 3 is 2.87 bits per heavy atom. The third kappa shape index (κ3) is 2.94. The highest BCUT2D eigenvalue weighted by Crippen LogP contribution is 2.25. The van der Waals surface area contributed by atoms with Gasteiger partial charge in [0.15, 0.2) is 0 Å². The van der Waals surface area contributed by atoms with Crippen molar-refractivity contribution in [3.05, 3.63) is 0 Å². The summed E-state index contributed by atoms with van der Waals surface area (Å²) >= 11 is 3.40. The highest BCUT2D eigenvalue weighted by molar-refractivity contribution is 9.09. The van der Waals surface area contributed by atoms with E-state index in [0.717, 1.165) is 24.8 Å². The van der Waals surface area contributed by atoms with Crippen LogP contribution in [0.15, 0.2) is 0 Å². The topological polar surface area (TPSA) is 29.5 Å². The molecule has 0 aliphatic carbocycles. The normalized spacial score (nSPS) is 27.7. The minimum absolute atomic E-state index is 0.0708. The van der Waals surface area contributed by atoms with Crippen LogP contribution in [0.5, 0.6) is 0 Å². The summed E-state index contributed by atoms with van der Waals surface area (Å²) in [5.41, 5.74) is 0. The van der Waals surface area contributed by atoms with Crippen molar-refractivity contribution in [1.29, 1.82) is 0 Å². The molecule has 88 valence electrons. The van der Waals surface area contributed by atoms with Gasteiger partial charge in [0, 0.05) is 25.0 Å². The molecule has 0 aromatic rings. The van der Waals surface area contributed by atoms with Gasteiger partial charge in [-0.1, -0.05) is 22.9 Å². The maximum atomic E-state index is 12.1. The molecular formula is C11H20BrNO2. The molecule has 1 aliphatic rings. The Morgan fingerprint density at radius 1 is 1.67 bits per heavy atom. The van der Waals surface area contributed by atoms with Crippen LogP contribution < -0.4 is 0 Å². The first kappa shape index (κ1) is 13.0. The van der Waals surface area contributed by atoms with Gasteiger partial charge in [0.05, 0.1) is 12.0 Å². The zero-order valence-corrected chi connectivity index (χ0v) is 11.3. The largest absolute Gasteiger partial charge is 0.377 e. The van der Waals surface area contributed by atoms with Crippen LogP contribution in [0, 0.1) is 5.92 Å². The zero-order valence-electron chi connectivity index (χ0n) is 9.70. The molecule has 0 spiro atoms. The summed E-state index contributed by atoms with van der Waals surface area (Å²) in [6.45, 7) is 4.85. The molecule has 0 bridgehead atoms. The molecule has 1 fully saturated rings. The summed E-state index contributed by atoms with van der Waals surface area (Å²) < 4.78 is 5.54. The number of carbonyl (C=O) groups excluding carboxylic acids is 1. The van der Waals surface area contributed by atoms with Crippen LogP contribution in [0.25, 0.3) is 0 Å². The molecule has 1 aliphatic heterocycles. The van der Waals surface area contributed by atoms with Gasteiger partial charge in [-0.05, 0) is 19.8 Å². The molecule has 4 heteroatoms. The molecule has 1 rings (SSSR count). The van der Waals surface area contributed by atoms with Gasteiger partial charge in [-0.2, -0.15) is 0 Å². The number of alkyl halides is 1. The molecule has 0 radical (unpaired) electrons. The van der Waals surface area contributed by atoms with E-state index in [1.807, 2.05) is 18.9 Å². The number of hydrogen-bond acceptors (Lipinski definition) is 2. The Morgan fingerprint density at radius 2 is 2.33 bits per heavy atom. The molecule has 3 nitrogen and oxygen atoms in total. The summed E-state index contributed by atoms with van der Waals surface area (Å²) in [6.07, 6.45) is 1.92. The average Bonchev–Trinajstić information content (AvgIpc) is 2.73. The summed E-state index contributed by atoms with van der Waals surface area (Å²) in [5, 5.41) is 0.819. The van der Waals surface area contributed by atoms with E-state index >= 15 is 0 Å². The highest BCUT2D eigenvalue weighted by atomic mass is 79.9. The number of rotatable bonds is 4. The fourth-order valence-electron chi connectivity index (χ4n) is 1.92. The molecule has 1 amide bonds. The predicted molar refractivity (Wildman–Crippen MR) is 64.2 cm³/mol. The van der Waals surface area contributed by atoms with E-state index in [4.69, 9.17) is 4.74 Å². The third-order valence-corrected chi connectivity index (χ3v) is 4.10. The predicted octanol–water partition coefficient (Wildman–Crippen LogP) is 2.04. The van der Waals surface area contributed by atoms with Gasteiger partial charge in [0.25, 0.3) is 0 Å². The smallest absolute Gasteiger partial charge is 0.228 e. The van der Waals surface area contributed by atoms with Crippen LogP contribution >= 0.6 is 15.9 Å². The van der Waals surface area contributed by atoms with E-state index in [9.17, 15) is 4.79 Å². The second kappa shape index (κ2) is 5.85. The van der Waals surface area contributed by atoms with Crippen molar-refractivity contribution in [3.8, 4) is 0 Å². The molecule has 1 saturated heterocycles. The molecule has 3 atom stereocenters. The van der Waals surface area contributed by atoms with Gasteiger partial charge >= 0.3 is 0 Å². The van der Waals surface area contributed by atoms with Gasteiger partial charge in [-0.25, -0.2) is 0 Å². The molecule has 0 aromatic heterocycles. The zero-order chi connectivity index (χ0) is 11.4. The summed E-state index contributed by atoms with van der Waals surface area (Å²) in [4.78, 5) is 14.0. The van der Waals surface area contributed by atoms with Crippen LogP contribution in [0.4, 0.5) is 0 Å². The number of ether oxygens (including phenoxy) is 1. The van der Waals surface area contributed by atoms with Gasteiger partial charge < -0.3 is 9.64 Å². The Kier molecular flexibility index (Phi) is 5.06. The Hall–Kier alpha value is -0.0900. The van der Waals surface area contributed by atoms with Crippen LogP contribution in [0.3, 0.4) is 0 Å². The van der Waals surface area contributed by atoms with E-state index in [-0.39, 0.29) is 24.0 Å². The maximum absolute atomic E-state index is 12.1. The first-order valence-corrected chi connectivity index (χ1v) is 6.68. The van der Waals surface area contributed by atoms with Gasteiger partial charge in [-0.3, -0.25) is 4.79 Å². The van der Waals surface area contributed by atoms with Crippen molar-refractivity contribution < 1.29 is 9.53 Å². The van der Waals surface area contributed by atoms with Crippen molar-refractivity contribution in [2.45, 2.75) is 38.8 Å². The first-order chi connectivity index (χ1) is 7.11. The van der Waals surface area contributed by atoms with Gasteiger partial charge in [0.2, 0.25) is 5.91 Å². The van der Waals surface area contributed by atoms with Crippen molar-refractivity contribution in [2.75, 3.05) is 19.0 Å². The molecule has 1 heterocycles. The second-order valence-electron chi connectivity index (χ2n) is 4.17. The van der Waals surface area contributed by atoms with Crippen LogP contribution in [-0.4, -0.2) is 41.9 Å². The van der Waals surface area contributed by atoms with E-state index in [0.29, 0.717) is 0 Å². The summed E-state index contributed by atoms with van der Waals surface area (Å²) in [6, 6.07) is 0.246. The Labute approximate surface area is 100 Å². The van der Waals surface area contributed by atoms with Gasteiger partial charge in [-0.15, -0.1) is 0 Å². The lowest BCUT2D eigenvalue weighted by atomic mass is 9.97. The van der Waals surface area contributed by atoms with Crippen molar-refractivity contribution in [2.24, 2.45) is 5.92 Å². The average molecular weight is 278 g/mol. The molecular weight excluding hydrogens is 258 g/mol. The minimum Gasteiger partial charge on any atom is -0.377 e. The lowest BCUT2D eigenvalue weighted by Crippen LogP contribution is -2.42. The number of hydrogen-bond donors (Lipinski definition) is 0. The van der Waals surface area contributed by atoms with Crippen molar-refractivity contribution in [3.63, 3.8) is 0 Å². The molecule has 15 heavy (non-hydrogen) atoms. The number of halogens is 1. The van der Waals surface area contributed by atoms with Gasteiger partial charge in [0.1, 0.15) is 0 Å². The monoisotopic (exact) mass is 277 g/mol. The first-order valence-electron chi connectivity index (χ1n) is 5.56. The second-order valence-corrected chi connectivity index (χ2v) is 4.81. The lowest BCUT2D eigenvalue weighted by molar-refractivity contribution is -0.137. The van der Waals surface area contributed by atoms with E-state index in [1.165, 1.54) is 0 Å². The molecule has 0 saturated carbocycles. The van der Waals surface area contributed by atoms with E-state index < -0.39 is 0 Å². The van der Waals surface area contributed by atoms with Crippen LogP contribution in [0.2, 0.25) is 0 Å². The highest BCUT2D eigenvalue weighted by Gasteiger charge is 2.35. The molecule has 0 N–H and O–H groups in total. The van der Waals surface area contributed by atoms with Crippen molar-refractivity contribution >= 4 is 21.8 Å². The molecule has 0 aromatic carbocycles. The minimum atomic E-state index is 0.0708. The lowest BCUT2D eigenvalue weighted by Gasteiger charge is -2.27. The van der Waals surface area contributed by atoms with E-state index in [2.05, 4.69) is 22.9 Å². The summed E-state index contributed by atoms with van der Waals surface area (Å²) in [5.74, 6) is 0.299. The third-order valence-electron chi connectivity index (χ3n) is 3.16. The fourth-order valence-corrected chi connectivity index (χ4v) is 2.35. The van der Waals surface area contributed by atoms with Crippen LogP contribution in [0.1, 0.15) is 26.7 Å². The molecule has 3 unspecified atom stereocenters. The number of nitrogens with zero attached hydrogens (tertiary/aromatic N) is 1. The number of carbonyl (C=O) groups is 1. The fraction of sp³-hybridized carbons (Fsp3) is 0.909. The Bertz CT molecular complexity index is 223. The summed E-state index contributed by atoms with van der Waals surface area (Å²) in [7, 11) is 1.87. The Balaban J connectivity index is 2.59. The van der Waals surface area contributed by atoms with Crippen LogP contribution in [-0.2, 0) is 9.53 Å². The SMILES string of the molecule is CCC1OCCC1C(=O)N(C)C(C)CBr.